The quantitative estimate of drug-likeness (QED) is 0.792. The third-order valence-electron chi connectivity index (χ3n) is 2.85. The molecular formula is C12H19N3O. The monoisotopic (exact) mass is 221 g/mol. The lowest BCUT2D eigenvalue weighted by Gasteiger charge is -2.22. The molecule has 1 N–H and O–H groups in total. The summed E-state index contributed by atoms with van der Waals surface area (Å²) in [6.07, 6.45) is 7.25. The van der Waals surface area contributed by atoms with Gasteiger partial charge in [-0.3, -0.25) is 4.98 Å². The van der Waals surface area contributed by atoms with Crippen molar-refractivity contribution in [2.75, 3.05) is 18.0 Å². The van der Waals surface area contributed by atoms with Gasteiger partial charge < -0.3 is 10.0 Å². The van der Waals surface area contributed by atoms with Crippen molar-refractivity contribution in [3.05, 3.63) is 18.1 Å². The summed E-state index contributed by atoms with van der Waals surface area (Å²) in [6, 6.07) is 0. The zero-order valence-electron chi connectivity index (χ0n) is 9.76. The van der Waals surface area contributed by atoms with Crippen LogP contribution in [-0.4, -0.2) is 28.2 Å². The maximum Gasteiger partial charge on any atom is 0.147 e. The van der Waals surface area contributed by atoms with Crippen LogP contribution in [0, 0.1) is 5.92 Å². The van der Waals surface area contributed by atoms with Crippen LogP contribution in [0.1, 0.15) is 31.9 Å². The van der Waals surface area contributed by atoms with Gasteiger partial charge in [0.15, 0.2) is 0 Å². The second-order valence-electron chi connectivity index (χ2n) is 4.41. The molecule has 4 nitrogen and oxygen atoms in total. The lowest BCUT2D eigenvalue weighted by Crippen LogP contribution is -2.27. The minimum atomic E-state index is -0.0380. The number of hydrogen-bond donors (Lipinski definition) is 1. The van der Waals surface area contributed by atoms with Crippen LogP contribution in [0.4, 0.5) is 5.82 Å². The molecule has 1 saturated carbocycles. The molecule has 0 bridgehead atoms. The van der Waals surface area contributed by atoms with E-state index in [2.05, 4.69) is 21.8 Å². The van der Waals surface area contributed by atoms with Gasteiger partial charge in [-0.1, -0.05) is 6.92 Å². The van der Waals surface area contributed by atoms with Crippen molar-refractivity contribution in [2.45, 2.75) is 32.8 Å². The summed E-state index contributed by atoms with van der Waals surface area (Å²) in [5, 5.41) is 8.91. The van der Waals surface area contributed by atoms with Crippen molar-refractivity contribution in [1.29, 1.82) is 0 Å². The normalized spacial score (nSPS) is 15.1. The van der Waals surface area contributed by atoms with Gasteiger partial charge in [-0.15, -0.1) is 0 Å². The van der Waals surface area contributed by atoms with Gasteiger partial charge in [0.25, 0.3) is 0 Å². The molecule has 0 aromatic carbocycles. The Bertz CT molecular complexity index is 322. The van der Waals surface area contributed by atoms with Gasteiger partial charge in [0.2, 0.25) is 0 Å². The molecule has 0 atom stereocenters. The summed E-state index contributed by atoms with van der Waals surface area (Å²) in [7, 11) is 0. The average molecular weight is 221 g/mol. The number of rotatable bonds is 6. The molecule has 16 heavy (non-hydrogen) atoms. The molecule has 1 heterocycles. The lowest BCUT2D eigenvalue weighted by atomic mass is 10.3. The summed E-state index contributed by atoms with van der Waals surface area (Å²) in [4.78, 5) is 10.8. The van der Waals surface area contributed by atoms with Crippen LogP contribution >= 0.6 is 0 Å². The standard InChI is InChI=1S/C12H19N3O/c1-2-5-15(8-10-3-4-10)12-7-13-11(9-16)6-14-12/h6-7,10,16H,2-5,8-9H2,1H3. The Balaban J connectivity index is 2.03. The van der Waals surface area contributed by atoms with E-state index in [-0.39, 0.29) is 6.61 Å². The predicted octanol–water partition coefficient (Wildman–Crippen LogP) is 1.60. The van der Waals surface area contributed by atoms with E-state index in [1.807, 2.05) is 0 Å². The Labute approximate surface area is 96.3 Å². The Kier molecular flexibility index (Phi) is 3.72. The highest BCUT2D eigenvalue weighted by Crippen LogP contribution is 2.30. The van der Waals surface area contributed by atoms with Gasteiger partial charge in [-0.2, -0.15) is 0 Å². The Morgan fingerprint density at radius 1 is 1.38 bits per heavy atom. The summed E-state index contributed by atoms with van der Waals surface area (Å²) in [5.41, 5.74) is 0.631. The molecule has 0 radical (unpaired) electrons. The first-order chi connectivity index (χ1) is 7.83. The van der Waals surface area contributed by atoms with E-state index in [0.717, 1.165) is 31.2 Å². The molecule has 0 saturated heterocycles. The number of hydrogen-bond acceptors (Lipinski definition) is 4. The molecule has 1 aromatic heterocycles. The van der Waals surface area contributed by atoms with Crippen LogP contribution in [0.3, 0.4) is 0 Å². The fourth-order valence-corrected chi connectivity index (χ4v) is 1.77. The highest BCUT2D eigenvalue weighted by Gasteiger charge is 2.24. The van der Waals surface area contributed by atoms with Crippen molar-refractivity contribution in [3.8, 4) is 0 Å². The fourth-order valence-electron chi connectivity index (χ4n) is 1.77. The summed E-state index contributed by atoms with van der Waals surface area (Å²) in [5.74, 6) is 1.79. The second kappa shape index (κ2) is 5.25. The maximum absolute atomic E-state index is 8.91. The third-order valence-corrected chi connectivity index (χ3v) is 2.85. The third kappa shape index (κ3) is 2.92. The molecule has 1 aromatic rings. The smallest absolute Gasteiger partial charge is 0.147 e. The molecule has 2 rings (SSSR count). The number of nitrogens with zero attached hydrogens (tertiary/aromatic N) is 3. The van der Waals surface area contributed by atoms with E-state index in [1.165, 1.54) is 12.8 Å². The Morgan fingerprint density at radius 2 is 2.19 bits per heavy atom. The van der Waals surface area contributed by atoms with E-state index in [4.69, 9.17) is 5.11 Å². The van der Waals surface area contributed by atoms with E-state index < -0.39 is 0 Å². The van der Waals surface area contributed by atoms with Crippen LogP contribution < -0.4 is 4.90 Å². The minimum absolute atomic E-state index is 0.0380. The summed E-state index contributed by atoms with van der Waals surface area (Å²) < 4.78 is 0. The predicted molar refractivity (Wildman–Crippen MR) is 63.2 cm³/mol. The first-order valence-electron chi connectivity index (χ1n) is 6.00. The van der Waals surface area contributed by atoms with Gasteiger partial charge >= 0.3 is 0 Å². The van der Waals surface area contributed by atoms with Crippen molar-refractivity contribution >= 4 is 5.82 Å². The van der Waals surface area contributed by atoms with Gasteiger partial charge in [0, 0.05) is 13.1 Å². The first-order valence-corrected chi connectivity index (χ1v) is 6.00. The molecule has 0 aliphatic heterocycles. The molecule has 1 aliphatic rings. The van der Waals surface area contributed by atoms with Gasteiger partial charge in [0.05, 0.1) is 24.7 Å². The van der Waals surface area contributed by atoms with Crippen LogP contribution in [0.25, 0.3) is 0 Å². The maximum atomic E-state index is 8.91. The van der Waals surface area contributed by atoms with Gasteiger partial charge in [-0.05, 0) is 25.2 Å². The van der Waals surface area contributed by atoms with Crippen molar-refractivity contribution in [2.24, 2.45) is 5.92 Å². The SMILES string of the molecule is CCCN(CC1CC1)c1cnc(CO)cn1. The molecule has 0 amide bonds. The molecule has 88 valence electrons. The second-order valence-corrected chi connectivity index (χ2v) is 4.41. The van der Waals surface area contributed by atoms with E-state index in [1.54, 1.807) is 12.4 Å². The van der Waals surface area contributed by atoms with Crippen LogP contribution in [0.2, 0.25) is 0 Å². The number of anilines is 1. The average Bonchev–Trinajstić information content (AvgIpc) is 3.13. The highest BCUT2D eigenvalue weighted by molar-refractivity contribution is 5.36. The van der Waals surface area contributed by atoms with Crippen molar-refractivity contribution in [3.63, 3.8) is 0 Å². The molecule has 0 spiro atoms. The van der Waals surface area contributed by atoms with Gasteiger partial charge in [0.1, 0.15) is 5.82 Å². The Hall–Kier alpha value is -1.16. The number of aliphatic hydroxyl groups is 1. The van der Waals surface area contributed by atoms with Crippen LogP contribution in [0.5, 0.6) is 0 Å². The van der Waals surface area contributed by atoms with Crippen molar-refractivity contribution in [1.82, 2.24) is 9.97 Å². The zero-order chi connectivity index (χ0) is 11.4. The fraction of sp³-hybridized carbons (Fsp3) is 0.667. The van der Waals surface area contributed by atoms with Crippen LogP contribution in [0.15, 0.2) is 12.4 Å². The topological polar surface area (TPSA) is 49.2 Å². The number of aromatic nitrogens is 2. The van der Waals surface area contributed by atoms with Crippen LogP contribution in [-0.2, 0) is 6.61 Å². The summed E-state index contributed by atoms with van der Waals surface area (Å²) in [6.45, 7) is 4.27. The lowest BCUT2D eigenvalue weighted by molar-refractivity contribution is 0.276. The highest BCUT2D eigenvalue weighted by atomic mass is 16.3. The van der Waals surface area contributed by atoms with E-state index in [9.17, 15) is 0 Å². The summed E-state index contributed by atoms with van der Waals surface area (Å²) >= 11 is 0. The Morgan fingerprint density at radius 3 is 2.69 bits per heavy atom. The number of aliphatic hydroxyl groups excluding tert-OH is 1. The first kappa shape index (κ1) is 11.3. The molecular weight excluding hydrogens is 202 g/mol. The molecule has 4 heteroatoms. The minimum Gasteiger partial charge on any atom is -0.390 e. The van der Waals surface area contributed by atoms with E-state index in [0.29, 0.717) is 5.69 Å². The molecule has 1 aliphatic carbocycles. The molecule has 0 unspecified atom stereocenters. The molecule has 1 fully saturated rings. The van der Waals surface area contributed by atoms with Crippen molar-refractivity contribution < 1.29 is 5.11 Å². The van der Waals surface area contributed by atoms with E-state index >= 15 is 0 Å². The van der Waals surface area contributed by atoms with Gasteiger partial charge in [-0.25, -0.2) is 4.98 Å². The zero-order valence-corrected chi connectivity index (χ0v) is 9.76. The largest absolute Gasteiger partial charge is 0.390 e.